The Morgan fingerprint density at radius 1 is 1.46 bits per heavy atom. The molecule has 2 amide bonds. The van der Waals surface area contributed by atoms with Crippen LogP contribution in [0.3, 0.4) is 0 Å². The number of amides is 2. The van der Waals surface area contributed by atoms with Crippen LogP contribution in [0.4, 0.5) is 0 Å². The Bertz CT molecular complexity index is 802. The summed E-state index contributed by atoms with van der Waals surface area (Å²) < 4.78 is 0. The molecule has 126 valence electrons. The summed E-state index contributed by atoms with van der Waals surface area (Å²) in [6, 6.07) is 7.84. The van der Waals surface area contributed by atoms with Gasteiger partial charge in [0, 0.05) is 35.8 Å². The third-order valence-corrected chi connectivity index (χ3v) is 6.62. The number of benzene rings is 1. The van der Waals surface area contributed by atoms with Crippen LogP contribution in [0.2, 0.25) is 0 Å². The molecule has 24 heavy (non-hydrogen) atoms. The van der Waals surface area contributed by atoms with Crippen molar-refractivity contribution in [3.63, 3.8) is 0 Å². The second-order valence-electron chi connectivity index (χ2n) is 6.67. The van der Waals surface area contributed by atoms with Crippen LogP contribution < -0.4 is 5.32 Å². The van der Waals surface area contributed by atoms with Crippen LogP contribution in [0.5, 0.6) is 0 Å². The lowest BCUT2D eigenvalue weighted by atomic mass is 10.1. The van der Waals surface area contributed by atoms with E-state index in [0.29, 0.717) is 18.7 Å². The van der Waals surface area contributed by atoms with Crippen molar-refractivity contribution in [2.24, 2.45) is 0 Å². The SMILES string of the molecule is CC12CCC(=O)N1C(C(=O)NCCc1c[nH]c3ccccc13)CS2. The summed E-state index contributed by atoms with van der Waals surface area (Å²) in [5, 5.41) is 4.22. The molecule has 0 bridgehead atoms. The van der Waals surface area contributed by atoms with Gasteiger partial charge in [-0.3, -0.25) is 9.59 Å². The molecule has 2 aliphatic heterocycles. The van der Waals surface area contributed by atoms with Crippen molar-refractivity contribution in [1.29, 1.82) is 0 Å². The summed E-state index contributed by atoms with van der Waals surface area (Å²) in [5.74, 6) is 0.779. The van der Waals surface area contributed by atoms with Crippen molar-refractivity contribution in [3.8, 4) is 0 Å². The quantitative estimate of drug-likeness (QED) is 0.895. The molecular formula is C18H21N3O2S. The second kappa shape index (κ2) is 5.84. The van der Waals surface area contributed by atoms with E-state index in [9.17, 15) is 9.59 Å². The second-order valence-corrected chi connectivity index (χ2v) is 8.17. The number of para-hydroxylation sites is 1. The predicted molar refractivity (Wildman–Crippen MR) is 95.7 cm³/mol. The zero-order valence-electron chi connectivity index (χ0n) is 13.7. The van der Waals surface area contributed by atoms with Gasteiger partial charge < -0.3 is 15.2 Å². The summed E-state index contributed by atoms with van der Waals surface area (Å²) in [7, 11) is 0. The largest absolute Gasteiger partial charge is 0.361 e. The van der Waals surface area contributed by atoms with E-state index in [-0.39, 0.29) is 22.7 Å². The number of thioether (sulfide) groups is 1. The van der Waals surface area contributed by atoms with Crippen molar-refractivity contribution in [1.82, 2.24) is 15.2 Å². The van der Waals surface area contributed by atoms with E-state index in [0.717, 1.165) is 18.4 Å². The molecule has 6 heteroatoms. The maximum absolute atomic E-state index is 12.5. The summed E-state index contributed by atoms with van der Waals surface area (Å²) >= 11 is 1.73. The first-order valence-corrected chi connectivity index (χ1v) is 9.36. The van der Waals surface area contributed by atoms with Crippen molar-refractivity contribution in [2.45, 2.75) is 37.1 Å². The number of rotatable bonds is 4. The molecule has 2 saturated heterocycles. The van der Waals surface area contributed by atoms with Crippen LogP contribution in [0.25, 0.3) is 10.9 Å². The Morgan fingerprint density at radius 3 is 3.17 bits per heavy atom. The lowest BCUT2D eigenvalue weighted by molar-refractivity contribution is -0.137. The highest BCUT2D eigenvalue weighted by Crippen LogP contribution is 2.47. The van der Waals surface area contributed by atoms with Gasteiger partial charge in [-0.1, -0.05) is 18.2 Å². The highest BCUT2D eigenvalue weighted by molar-refractivity contribution is 8.01. The fraction of sp³-hybridized carbons (Fsp3) is 0.444. The van der Waals surface area contributed by atoms with Crippen molar-refractivity contribution in [2.75, 3.05) is 12.3 Å². The molecule has 2 aliphatic rings. The summed E-state index contributed by atoms with van der Waals surface area (Å²) in [4.78, 5) is 29.5. The first kappa shape index (κ1) is 15.6. The number of carbonyl (C=O) groups is 2. The zero-order chi connectivity index (χ0) is 16.7. The fourth-order valence-electron chi connectivity index (χ4n) is 3.79. The zero-order valence-corrected chi connectivity index (χ0v) is 14.5. The van der Waals surface area contributed by atoms with Crippen LogP contribution >= 0.6 is 11.8 Å². The van der Waals surface area contributed by atoms with Crippen LogP contribution in [-0.4, -0.2) is 44.9 Å². The normalized spacial score (nSPS) is 26.1. The minimum atomic E-state index is -0.321. The van der Waals surface area contributed by atoms with Gasteiger partial charge in [-0.15, -0.1) is 11.8 Å². The van der Waals surface area contributed by atoms with Crippen molar-refractivity contribution < 1.29 is 9.59 Å². The van der Waals surface area contributed by atoms with Gasteiger partial charge in [-0.05, 0) is 31.4 Å². The molecule has 2 N–H and O–H groups in total. The number of hydrogen-bond donors (Lipinski definition) is 2. The molecule has 2 aromatic rings. The average Bonchev–Trinajstić information content (AvgIpc) is 3.22. The number of aromatic amines is 1. The standard InChI is InChI=1S/C18H21N3O2S/c1-18-8-6-16(22)21(18)15(11-24-18)17(23)19-9-7-12-10-20-14-5-3-2-4-13(12)14/h2-5,10,15,20H,6-9,11H2,1H3,(H,19,23). The number of hydrogen-bond acceptors (Lipinski definition) is 3. The minimum absolute atomic E-state index is 0.0266. The number of aromatic nitrogens is 1. The Labute approximate surface area is 145 Å². The first-order chi connectivity index (χ1) is 11.6. The number of nitrogens with zero attached hydrogens (tertiary/aromatic N) is 1. The Kier molecular flexibility index (Phi) is 3.79. The fourth-order valence-corrected chi connectivity index (χ4v) is 5.22. The van der Waals surface area contributed by atoms with Gasteiger partial charge in [0.2, 0.25) is 11.8 Å². The predicted octanol–water partition coefficient (Wildman–Crippen LogP) is 2.28. The maximum Gasteiger partial charge on any atom is 0.243 e. The minimum Gasteiger partial charge on any atom is -0.361 e. The molecule has 2 fully saturated rings. The topological polar surface area (TPSA) is 65.2 Å². The van der Waals surface area contributed by atoms with E-state index < -0.39 is 0 Å². The van der Waals surface area contributed by atoms with E-state index in [1.807, 2.05) is 24.4 Å². The van der Waals surface area contributed by atoms with Crippen LogP contribution in [0, 0.1) is 0 Å². The van der Waals surface area contributed by atoms with Gasteiger partial charge >= 0.3 is 0 Å². The Balaban J connectivity index is 1.38. The van der Waals surface area contributed by atoms with E-state index in [1.54, 1.807) is 16.7 Å². The molecule has 2 unspecified atom stereocenters. The third kappa shape index (κ3) is 2.49. The molecule has 0 spiro atoms. The number of H-pyrrole nitrogens is 1. The molecule has 1 aromatic heterocycles. The lowest BCUT2D eigenvalue weighted by Crippen LogP contribution is -2.50. The van der Waals surface area contributed by atoms with E-state index >= 15 is 0 Å². The summed E-state index contributed by atoms with van der Waals surface area (Å²) in [6.07, 6.45) is 4.18. The number of fused-ring (bicyclic) bond motifs is 2. The Morgan fingerprint density at radius 2 is 2.29 bits per heavy atom. The van der Waals surface area contributed by atoms with Gasteiger partial charge in [-0.2, -0.15) is 0 Å². The molecule has 5 nitrogen and oxygen atoms in total. The smallest absolute Gasteiger partial charge is 0.243 e. The molecule has 0 saturated carbocycles. The van der Waals surface area contributed by atoms with Gasteiger partial charge in [-0.25, -0.2) is 0 Å². The van der Waals surface area contributed by atoms with E-state index in [1.165, 1.54) is 10.9 Å². The Hall–Kier alpha value is -1.95. The molecule has 0 radical (unpaired) electrons. The van der Waals surface area contributed by atoms with Crippen molar-refractivity contribution in [3.05, 3.63) is 36.0 Å². The van der Waals surface area contributed by atoms with Gasteiger partial charge in [0.25, 0.3) is 0 Å². The van der Waals surface area contributed by atoms with Crippen molar-refractivity contribution >= 4 is 34.5 Å². The van der Waals surface area contributed by atoms with Gasteiger partial charge in [0.1, 0.15) is 6.04 Å². The average molecular weight is 343 g/mol. The van der Waals surface area contributed by atoms with E-state index in [2.05, 4.69) is 23.3 Å². The molecule has 0 aliphatic carbocycles. The molecule has 1 aromatic carbocycles. The highest BCUT2D eigenvalue weighted by atomic mass is 32.2. The molecule has 3 heterocycles. The summed E-state index contributed by atoms with van der Waals surface area (Å²) in [5.41, 5.74) is 2.32. The highest BCUT2D eigenvalue weighted by Gasteiger charge is 2.52. The van der Waals surface area contributed by atoms with Gasteiger partial charge in [0.15, 0.2) is 0 Å². The van der Waals surface area contributed by atoms with Crippen LogP contribution in [0.15, 0.2) is 30.5 Å². The third-order valence-electron chi connectivity index (χ3n) is 5.12. The monoisotopic (exact) mass is 343 g/mol. The summed E-state index contributed by atoms with van der Waals surface area (Å²) in [6.45, 7) is 2.66. The van der Waals surface area contributed by atoms with Crippen LogP contribution in [0.1, 0.15) is 25.3 Å². The number of carbonyl (C=O) groups excluding carboxylic acids is 2. The van der Waals surface area contributed by atoms with E-state index in [4.69, 9.17) is 0 Å². The molecular weight excluding hydrogens is 322 g/mol. The molecule has 4 rings (SSSR count). The first-order valence-electron chi connectivity index (χ1n) is 8.37. The number of nitrogens with one attached hydrogen (secondary N) is 2. The molecule has 2 atom stereocenters. The van der Waals surface area contributed by atoms with Crippen LogP contribution in [-0.2, 0) is 16.0 Å². The van der Waals surface area contributed by atoms with Gasteiger partial charge in [0.05, 0.1) is 4.87 Å². The lowest BCUT2D eigenvalue weighted by Gasteiger charge is -2.29. The maximum atomic E-state index is 12.5.